The molecule has 4 aromatic carbocycles. The lowest BCUT2D eigenvalue weighted by molar-refractivity contribution is -0.137. The number of rotatable bonds is 15. The van der Waals surface area contributed by atoms with Gasteiger partial charge >= 0.3 is 6.18 Å². The first-order valence-electron chi connectivity index (χ1n) is 21.2. The Labute approximate surface area is 373 Å². The van der Waals surface area contributed by atoms with Gasteiger partial charge in [0.25, 0.3) is 15.9 Å². The molecule has 0 unspecified atom stereocenters. The van der Waals surface area contributed by atoms with Crippen LogP contribution in [0.1, 0.15) is 61.0 Å². The van der Waals surface area contributed by atoms with Crippen molar-refractivity contribution in [2.24, 2.45) is 5.41 Å². The van der Waals surface area contributed by atoms with Gasteiger partial charge in [-0.1, -0.05) is 61.4 Å². The Kier molecular flexibility index (Phi) is 15.0. The summed E-state index contributed by atoms with van der Waals surface area (Å²) in [6, 6.07) is 26.9. The lowest BCUT2D eigenvalue weighted by Crippen LogP contribution is -2.47. The molecule has 0 saturated carbocycles. The number of thioether (sulfide) groups is 1. The van der Waals surface area contributed by atoms with E-state index in [-0.39, 0.29) is 22.7 Å². The van der Waals surface area contributed by atoms with Crippen LogP contribution in [0.4, 0.5) is 24.5 Å². The first-order valence-corrected chi connectivity index (χ1v) is 24.0. The molecule has 9 nitrogen and oxygen atoms in total. The summed E-state index contributed by atoms with van der Waals surface area (Å²) in [6.07, 6.45) is -1.09. The van der Waals surface area contributed by atoms with Gasteiger partial charge in [-0.25, -0.2) is 13.1 Å². The third-order valence-electron chi connectivity index (χ3n) is 11.9. The third kappa shape index (κ3) is 12.4. The van der Waals surface area contributed by atoms with E-state index in [1.165, 1.54) is 28.5 Å². The van der Waals surface area contributed by atoms with Crippen LogP contribution in [-0.2, 0) is 20.9 Å². The average Bonchev–Trinajstić information content (AvgIpc) is 3.25. The number of allylic oxidation sites excluding steroid dienone is 1. The molecule has 0 spiro atoms. The molecule has 2 fully saturated rings. The first-order chi connectivity index (χ1) is 29.6. The second-order valence-corrected chi connectivity index (χ2v) is 20.3. The third-order valence-corrected chi connectivity index (χ3v) is 14.7. The topological polar surface area (TPSA) is 94.2 Å². The summed E-state index contributed by atoms with van der Waals surface area (Å²) in [5.74, 6) is -0.446. The number of nitrogens with one attached hydrogen (secondary N) is 2. The number of carbonyl (C=O) groups is 1. The smallest absolute Gasteiger partial charge is 0.381 e. The predicted molar refractivity (Wildman–Crippen MR) is 244 cm³/mol. The van der Waals surface area contributed by atoms with Gasteiger partial charge in [0.15, 0.2) is 0 Å². The number of hydrogen-bond donors (Lipinski definition) is 2. The second-order valence-electron chi connectivity index (χ2n) is 17.1. The predicted octanol–water partition coefficient (Wildman–Crippen LogP) is 9.56. The van der Waals surface area contributed by atoms with Crippen LogP contribution in [0.15, 0.2) is 112 Å². The average molecular weight is 911 g/mol. The molecule has 0 radical (unpaired) electrons. The molecule has 332 valence electrons. The molecule has 7 rings (SSSR count). The molecule has 62 heavy (non-hydrogen) atoms. The van der Waals surface area contributed by atoms with Crippen LogP contribution < -0.4 is 14.9 Å². The van der Waals surface area contributed by atoms with Gasteiger partial charge in [0.2, 0.25) is 0 Å². The maximum Gasteiger partial charge on any atom is 0.418 e. The van der Waals surface area contributed by atoms with Crippen molar-refractivity contribution in [3.63, 3.8) is 0 Å². The highest BCUT2D eigenvalue weighted by Gasteiger charge is 2.36. The van der Waals surface area contributed by atoms with Crippen molar-refractivity contribution in [1.82, 2.24) is 14.5 Å². The minimum atomic E-state index is -4.87. The molecular formula is C47H55ClF3N5O4S2. The molecule has 0 aromatic heterocycles. The molecule has 2 N–H and O–H groups in total. The van der Waals surface area contributed by atoms with Crippen LogP contribution in [0.2, 0.25) is 5.02 Å². The number of ether oxygens (including phenoxy) is 1. The molecule has 2 saturated heterocycles. The lowest BCUT2D eigenvalue weighted by atomic mass is 9.73. The molecule has 2 heterocycles. The number of amides is 1. The van der Waals surface area contributed by atoms with E-state index in [1.54, 1.807) is 24.3 Å². The van der Waals surface area contributed by atoms with Crippen LogP contribution >= 0.6 is 23.4 Å². The number of alkyl halides is 3. The van der Waals surface area contributed by atoms with E-state index in [9.17, 15) is 26.4 Å². The zero-order chi connectivity index (χ0) is 43.9. The summed E-state index contributed by atoms with van der Waals surface area (Å²) >= 11 is 7.72. The number of hydrogen-bond acceptors (Lipinski definition) is 9. The second kappa shape index (κ2) is 20.2. The maximum absolute atomic E-state index is 14.6. The van der Waals surface area contributed by atoms with E-state index in [1.807, 2.05) is 47.2 Å². The SMILES string of the molecule is CC1(C)CCC(c2ccc(Cl)cc2)=C(CN2CCN(c3ccc(C(=O)NS(=O)(=O)c4ccc(N[C@H](CCN5CCOCC5)CSc5ccccc5)c(C(F)(F)F)c4)cc3)CC2)C1. The summed E-state index contributed by atoms with van der Waals surface area (Å²) in [7, 11) is -4.66. The summed E-state index contributed by atoms with van der Waals surface area (Å²) < 4.78 is 78.1. The summed E-state index contributed by atoms with van der Waals surface area (Å²) in [6.45, 7) is 12.2. The number of anilines is 2. The molecule has 2 aliphatic heterocycles. The lowest BCUT2D eigenvalue weighted by Gasteiger charge is -2.39. The maximum atomic E-state index is 14.6. The highest BCUT2D eigenvalue weighted by Crippen LogP contribution is 2.43. The highest BCUT2D eigenvalue weighted by molar-refractivity contribution is 7.99. The number of nitrogens with zero attached hydrogens (tertiary/aromatic N) is 3. The van der Waals surface area contributed by atoms with Gasteiger partial charge in [0.05, 0.1) is 23.7 Å². The van der Waals surface area contributed by atoms with Crippen LogP contribution in [0, 0.1) is 5.41 Å². The van der Waals surface area contributed by atoms with E-state index < -0.39 is 32.6 Å². The van der Waals surface area contributed by atoms with E-state index in [0.717, 1.165) is 92.8 Å². The number of morpholine rings is 1. The number of benzene rings is 4. The van der Waals surface area contributed by atoms with Gasteiger partial charge in [-0.2, -0.15) is 13.2 Å². The quantitative estimate of drug-likeness (QED) is 0.113. The van der Waals surface area contributed by atoms with Crippen molar-refractivity contribution in [3.8, 4) is 0 Å². The van der Waals surface area contributed by atoms with Crippen molar-refractivity contribution in [1.29, 1.82) is 0 Å². The van der Waals surface area contributed by atoms with Crippen LogP contribution in [0.3, 0.4) is 0 Å². The summed E-state index contributed by atoms with van der Waals surface area (Å²) in [4.78, 5) is 20.5. The fourth-order valence-electron chi connectivity index (χ4n) is 8.41. The molecule has 1 aliphatic carbocycles. The zero-order valence-electron chi connectivity index (χ0n) is 35.2. The Balaban J connectivity index is 0.976. The largest absolute Gasteiger partial charge is 0.418 e. The zero-order valence-corrected chi connectivity index (χ0v) is 37.6. The normalized spacial score (nSPS) is 18.4. The summed E-state index contributed by atoms with van der Waals surface area (Å²) in [5.41, 5.74) is 3.99. The number of carbonyl (C=O) groups excluding carboxylic acids is 1. The van der Waals surface area contributed by atoms with Crippen molar-refractivity contribution < 1.29 is 31.1 Å². The van der Waals surface area contributed by atoms with Gasteiger partial charge in [-0.05, 0) is 109 Å². The molecular weight excluding hydrogens is 855 g/mol. The Morgan fingerprint density at radius 1 is 0.887 bits per heavy atom. The first kappa shape index (κ1) is 46.0. The Bertz CT molecular complexity index is 2280. The fraction of sp³-hybridized carbons (Fsp3) is 0.426. The van der Waals surface area contributed by atoms with Crippen molar-refractivity contribution in [3.05, 3.63) is 124 Å². The van der Waals surface area contributed by atoms with E-state index in [0.29, 0.717) is 38.0 Å². The summed E-state index contributed by atoms with van der Waals surface area (Å²) in [5, 5.41) is 3.81. The molecule has 1 amide bonds. The minimum absolute atomic E-state index is 0.0749. The monoisotopic (exact) mass is 909 g/mol. The Hall–Kier alpha value is -4.05. The van der Waals surface area contributed by atoms with Gasteiger partial charge in [0.1, 0.15) is 0 Å². The van der Waals surface area contributed by atoms with Crippen LogP contribution in [0.25, 0.3) is 5.57 Å². The van der Waals surface area contributed by atoms with Crippen molar-refractivity contribution in [2.45, 2.75) is 61.5 Å². The van der Waals surface area contributed by atoms with E-state index >= 15 is 0 Å². The van der Waals surface area contributed by atoms with E-state index in [4.69, 9.17) is 16.3 Å². The van der Waals surface area contributed by atoms with Crippen molar-refractivity contribution >= 4 is 56.2 Å². The Morgan fingerprint density at radius 2 is 1.58 bits per heavy atom. The number of sulfonamides is 1. The molecule has 4 aromatic rings. The number of piperazine rings is 1. The Morgan fingerprint density at radius 3 is 2.26 bits per heavy atom. The van der Waals surface area contributed by atoms with Crippen LogP contribution in [0.5, 0.6) is 0 Å². The van der Waals surface area contributed by atoms with Crippen molar-refractivity contribution in [2.75, 3.05) is 81.5 Å². The molecule has 0 bridgehead atoms. The number of halogens is 4. The standard InChI is InChI=1S/C47H55ClF3N5O4S2/c1-46(2)20-18-42(34-8-12-37(48)13-9-34)36(31-46)32-55-22-24-56(25-23-55)39-14-10-35(11-15-39)45(57)53-62(58,59)41-16-17-44(43(30-41)47(49,50)51)52-38(19-21-54-26-28-60-29-27-54)33-61-40-6-4-3-5-7-40/h3-17,30,38,52H,18-29,31-33H2,1-2H3,(H,53,57)/t38-/m1/s1. The van der Waals surface area contributed by atoms with Gasteiger partial charge in [0, 0.05) is 91.0 Å². The highest BCUT2D eigenvalue weighted by atomic mass is 35.5. The molecule has 1 atom stereocenters. The molecule has 15 heteroatoms. The van der Waals surface area contributed by atoms with Gasteiger partial charge in [-0.15, -0.1) is 11.8 Å². The van der Waals surface area contributed by atoms with Gasteiger partial charge < -0.3 is 15.0 Å². The molecule has 3 aliphatic rings. The van der Waals surface area contributed by atoms with E-state index in [2.05, 4.69) is 46.0 Å². The minimum Gasteiger partial charge on any atom is -0.381 e. The fourth-order valence-corrected chi connectivity index (χ4v) is 10.5. The van der Waals surface area contributed by atoms with Gasteiger partial charge in [-0.3, -0.25) is 14.6 Å². The van der Waals surface area contributed by atoms with Crippen LogP contribution in [-0.4, -0.2) is 101 Å².